The van der Waals surface area contributed by atoms with Crippen molar-refractivity contribution < 1.29 is 9.84 Å². The van der Waals surface area contributed by atoms with Crippen LogP contribution in [-0.2, 0) is 4.74 Å². The number of aliphatic hydroxyl groups is 1. The lowest BCUT2D eigenvalue weighted by Gasteiger charge is -2.28. The Hall–Kier alpha value is -0.120. The maximum atomic E-state index is 8.77. The lowest BCUT2D eigenvalue weighted by atomic mass is 9.94. The molecule has 0 aromatic carbocycles. The molecule has 0 bridgehead atoms. The van der Waals surface area contributed by atoms with Gasteiger partial charge >= 0.3 is 0 Å². The predicted octanol–water partition coefficient (Wildman–Crippen LogP) is -0.410. The standard InChI is InChI=1S/C7H15NO2/c8-2-6(3-9)1-7-4-10-5-7/h6-7,9H,1-5,8H2. The fraction of sp³-hybridized carbons (Fsp3) is 1.00. The molecule has 1 aliphatic heterocycles. The van der Waals surface area contributed by atoms with Gasteiger partial charge in [0.15, 0.2) is 0 Å². The highest BCUT2D eigenvalue weighted by Gasteiger charge is 2.21. The van der Waals surface area contributed by atoms with Crippen molar-refractivity contribution in [2.45, 2.75) is 6.42 Å². The fourth-order valence-corrected chi connectivity index (χ4v) is 1.14. The van der Waals surface area contributed by atoms with E-state index in [4.69, 9.17) is 15.6 Å². The van der Waals surface area contributed by atoms with E-state index in [1.807, 2.05) is 0 Å². The second-order valence-electron chi connectivity index (χ2n) is 2.92. The summed E-state index contributed by atoms with van der Waals surface area (Å²) in [6, 6.07) is 0. The second-order valence-corrected chi connectivity index (χ2v) is 2.92. The highest BCUT2D eigenvalue weighted by molar-refractivity contribution is 4.70. The van der Waals surface area contributed by atoms with Crippen molar-refractivity contribution in [3.8, 4) is 0 Å². The Bertz CT molecular complexity index is 89.6. The molecule has 1 heterocycles. The van der Waals surface area contributed by atoms with E-state index in [1.54, 1.807) is 0 Å². The van der Waals surface area contributed by atoms with Crippen LogP contribution < -0.4 is 5.73 Å². The van der Waals surface area contributed by atoms with Crippen molar-refractivity contribution in [3.05, 3.63) is 0 Å². The molecule has 1 rings (SSSR count). The normalized spacial score (nSPS) is 22.2. The molecule has 1 saturated heterocycles. The highest BCUT2D eigenvalue weighted by atomic mass is 16.5. The minimum Gasteiger partial charge on any atom is -0.396 e. The fourth-order valence-electron chi connectivity index (χ4n) is 1.14. The average Bonchev–Trinajstić information content (AvgIpc) is 1.87. The van der Waals surface area contributed by atoms with Gasteiger partial charge in [0.2, 0.25) is 0 Å². The molecule has 1 unspecified atom stereocenters. The largest absolute Gasteiger partial charge is 0.396 e. The van der Waals surface area contributed by atoms with Crippen LogP contribution in [0.4, 0.5) is 0 Å². The molecule has 1 aliphatic rings. The molecule has 60 valence electrons. The van der Waals surface area contributed by atoms with Crippen LogP contribution in [0.1, 0.15) is 6.42 Å². The van der Waals surface area contributed by atoms with Gasteiger partial charge in [-0.05, 0) is 18.9 Å². The molecule has 3 N–H and O–H groups in total. The summed E-state index contributed by atoms with van der Waals surface area (Å²) in [5, 5.41) is 8.77. The number of nitrogens with two attached hydrogens (primary N) is 1. The molecular formula is C7H15NO2. The third-order valence-corrected chi connectivity index (χ3v) is 1.97. The smallest absolute Gasteiger partial charge is 0.0516 e. The Morgan fingerprint density at radius 3 is 2.60 bits per heavy atom. The SMILES string of the molecule is NCC(CO)CC1COC1. The summed E-state index contributed by atoms with van der Waals surface area (Å²) in [6.07, 6.45) is 1.02. The van der Waals surface area contributed by atoms with Gasteiger partial charge in [-0.2, -0.15) is 0 Å². The summed E-state index contributed by atoms with van der Waals surface area (Å²) in [4.78, 5) is 0. The molecule has 3 nitrogen and oxygen atoms in total. The Balaban J connectivity index is 2.08. The molecule has 3 heteroatoms. The molecule has 0 amide bonds. The third-order valence-electron chi connectivity index (χ3n) is 1.97. The number of rotatable bonds is 4. The molecule has 0 aromatic heterocycles. The van der Waals surface area contributed by atoms with E-state index in [0.29, 0.717) is 12.5 Å². The van der Waals surface area contributed by atoms with Crippen LogP contribution in [0.3, 0.4) is 0 Å². The number of aliphatic hydroxyl groups excluding tert-OH is 1. The van der Waals surface area contributed by atoms with E-state index in [9.17, 15) is 0 Å². The van der Waals surface area contributed by atoms with Crippen molar-refractivity contribution in [2.75, 3.05) is 26.4 Å². The molecule has 0 aromatic rings. The van der Waals surface area contributed by atoms with Crippen LogP contribution in [0.25, 0.3) is 0 Å². The van der Waals surface area contributed by atoms with Crippen LogP contribution in [0, 0.1) is 11.8 Å². The van der Waals surface area contributed by atoms with Gasteiger partial charge in [-0.25, -0.2) is 0 Å². The average molecular weight is 145 g/mol. The molecule has 1 fully saturated rings. The van der Waals surface area contributed by atoms with Crippen LogP contribution >= 0.6 is 0 Å². The summed E-state index contributed by atoms with van der Waals surface area (Å²) in [5.74, 6) is 0.939. The Kier molecular flexibility index (Phi) is 3.12. The highest BCUT2D eigenvalue weighted by Crippen LogP contribution is 2.18. The molecule has 10 heavy (non-hydrogen) atoms. The van der Waals surface area contributed by atoms with Gasteiger partial charge in [0, 0.05) is 12.5 Å². The number of hydrogen-bond acceptors (Lipinski definition) is 3. The van der Waals surface area contributed by atoms with Crippen molar-refractivity contribution >= 4 is 0 Å². The molecule has 0 spiro atoms. The maximum Gasteiger partial charge on any atom is 0.0516 e. The van der Waals surface area contributed by atoms with Gasteiger partial charge in [-0.3, -0.25) is 0 Å². The minimum atomic E-state index is 0.215. The van der Waals surface area contributed by atoms with Gasteiger partial charge in [-0.1, -0.05) is 0 Å². The third kappa shape index (κ3) is 1.94. The van der Waals surface area contributed by atoms with Crippen LogP contribution in [0.15, 0.2) is 0 Å². The zero-order valence-corrected chi connectivity index (χ0v) is 6.12. The van der Waals surface area contributed by atoms with Crippen molar-refractivity contribution in [3.63, 3.8) is 0 Å². The molecule has 0 saturated carbocycles. The topological polar surface area (TPSA) is 55.5 Å². The van der Waals surface area contributed by atoms with E-state index in [-0.39, 0.29) is 12.5 Å². The maximum absolute atomic E-state index is 8.77. The summed E-state index contributed by atoms with van der Waals surface area (Å²) in [6.45, 7) is 2.52. The Labute approximate surface area is 61.2 Å². The van der Waals surface area contributed by atoms with E-state index in [0.717, 1.165) is 19.6 Å². The van der Waals surface area contributed by atoms with Gasteiger partial charge in [0.25, 0.3) is 0 Å². The lowest BCUT2D eigenvalue weighted by molar-refractivity contribution is -0.0449. The summed E-state index contributed by atoms with van der Waals surface area (Å²) < 4.78 is 5.00. The quantitative estimate of drug-likeness (QED) is 0.565. The predicted molar refractivity (Wildman–Crippen MR) is 38.6 cm³/mol. The van der Waals surface area contributed by atoms with Crippen LogP contribution in [0.2, 0.25) is 0 Å². The number of ether oxygens (including phenoxy) is 1. The first kappa shape index (κ1) is 7.98. The van der Waals surface area contributed by atoms with Crippen molar-refractivity contribution in [1.82, 2.24) is 0 Å². The summed E-state index contributed by atoms with van der Waals surface area (Å²) in [7, 11) is 0. The zero-order chi connectivity index (χ0) is 7.40. The Morgan fingerprint density at radius 1 is 1.60 bits per heavy atom. The van der Waals surface area contributed by atoms with Gasteiger partial charge in [0.1, 0.15) is 0 Å². The lowest BCUT2D eigenvalue weighted by Crippen LogP contribution is -2.32. The first-order valence-electron chi connectivity index (χ1n) is 3.75. The van der Waals surface area contributed by atoms with E-state index < -0.39 is 0 Å². The number of hydrogen-bond donors (Lipinski definition) is 2. The van der Waals surface area contributed by atoms with Crippen LogP contribution in [-0.4, -0.2) is 31.5 Å². The van der Waals surface area contributed by atoms with Gasteiger partial charge in [-0.15, -0.1) is 0 Å². The van der Waals surface area contributed by atoms with Gasteiger partial charge in [0.05, 0.1) is 13.2 Å². The van der Waals surface area contributed by atoms with Crippen LogP contribution in [0.5, 0.6) is 0 Å². The first-order valence-corrected chi connectivity index (χ1v) is 3.75. The Morgan fingerprint density at radius 2 is 2.30 bits per heavy atom. The van der Waals surface area contributed by atoms with E-state index >= 15 is 0 Å². The molecule has 1 atom stereocenters. The minimum absolute atomic E-state index is 0.215. The molecule has 0 aliphatic carbocycles. The van der Waals surface area contributed by atoms with Crippen molar-refractivity contribution in [1.29, 1.82) is 0 Å². The van der Waals surface area contributed by atoms with Gasteiger partial charge < -0.3 is 15.6 Å². The van der Waals surface area contributed by atoms with E-state index in [2.05, 4.69) is 0 Å². The molecular weight excluding hydrogens is 130 g/mol. The summed E-state index contributed by atoms with van der Waals surface area (Å²) in [5.41, 5.74) is 5.41. The zero-order valence-electron chi connectivity index (χ0n) is 6.12. The van der Waals surface area contributed by atoms with Crippen molar-refractivity contribution in [2.24, 2.45) is 17.6 Å². The van der Waals surface area contributed by atoms with E-state index in [1.165, 1.54) is 0 Å². The second kappa shape index (κ2) is 3.91. The first-order chi connectivity index (χ1) is 4.86. The molecule has 0 radical (unpaired) electrons. The summed E-state index contributed by atoms with van der Waals surface area (Å²) >= 11 is 0. The monoisotopic (exact) mass is 145 g/mol.